The second-order valence-electron chi connectivity index (χ2n) is 5.87. The molecule has 1 heterocycles. The molecular weight excluding hydrogens is 247 g/mol. The van der Waals surface area contributed by atoms with Crippen LogP contribution in [0.2, 0.25) is 0 Å². The van der Waals surface area contributed by atoms with E-state index in [0.29, 0.717) is 19.4 Å². The maximum absolute atomic E-state index is 13.0. The Labute approximate surface area is 112 Å². The molecule has 0 aromatic heterocycles. The van der Waals surface area contributed by atoms with Crippen molar-refractivity contribution in [2.75, 3.05) is 6.61 Å². The molecule has 0 saturated carbocycles. The highest BCUT2D eigenvalue weighted by molar-refractivity contribution is 5.67. The van der Waals surface area contributed by atoms with Crippen LogP contribution in [0, 0.1) is 5.82 Å². The molecule has 0 spiro atoms. The van der Waals surface area contributed by atoms with E-state index in [1.807, 2.05) is 13.8 Å². The quantitative estimate of drug-likeness (QED) is 0.837. The number of carboxylic acid groups (broad SMARTS) is 1. The van der Waals surface area contributed by atoms with Crippen LogP contribution in [0.3, 0.4) is 0 Å². The summed E-state index contributed by atoms with van der Waals surface area (Å²) < 4.78 is 18.7. The van der Waals surface area contributed by atoms with Gasteiger partial charge in [-0.2, -0.15) is 0 Å². The summed E-state index contributed by atoms with van der Waals surface area (Å²) in [5, 5.41) is 11.1. The van der Waals surface area contributed by atoms with Crippen LogP contribution >= 0.6 is 0 Å². The van der Waals surface area contributed by atoms with Gasteiger partial charge in [0.05, 0.1) is 5.60 Å². The van der Waals surface area contributed by atoms with Crippen molar-refractivity contribution in [3.8, 4) is 0 Å². The van der Waals surface area contributed by atoms with Gasteiger partial charge in [0.15, 0.2) is 0 Å². The summed E-state index contributed by atoms with van der Waals surface area (Å²) in [4.78, 5) is 11.1. The van der Waals surface area contributed by atoms with Crippen molar-refractivity contribution in [2.24, 2.45) is 0 Å². The minimum atomic E-state index is -1.08. The zero-order chi connectivity index (χ0) is 14.1. The van der Waals surface area contributed by atoms with Crippen molar-refractivity contribution in [2.45, 2.75) is 44.1 Å². The Morgan fingerprint density at radius 1 is 1.37 bits per heavy atom. The highest BCUT2D eigenvalue weighted by Gasteiger charge is 2.42. The van der Waals surface area contributed by atoms with Crippen LogP contribution in [-0.2, 0) is 14.9 Å². The number of aliphatic carboxylic acids is 1. The number of hydrogen-bond donors (Lipinski definition) is 0. The van der Waals surface area contributed by atoms with E-state index in [1.165, 1.54) is 12.1 Å². The van der Waals surface area contributed by atoms with E-state index in [2.05, 4.69) is 0 Å². The lowest BCUT2D eigenvalue weighted by molar-refractivity contribution is -0.308. The van der Waals surface area contributed by atoms with E-state index < -0.39 is 11.4 Å². The average Bonchev–Trinajstić information content (AvgIpc) is 2.27. The molecule has 104 valence electrons. The Kier molecular flexibility index (Phi) is 3.63. The highest BCUT2D eigenvalue weighted by atomic mass is 19.1. The summed E-state index contributed by atoms with van der Waals surface area (Å²) in [6, 6.07) is 6.07. The highest BCUT2D eigenvalue weighted by Crippen LogP contribution is 2.43. The van der Waals surface area contributed by atoms with Gasteiger partial charge in [-0.3, -0.25) is 0 Å². The standard InChI is InChI=1S/C15H19FO3/c1-14(2)10-15(7-8-19-14,9-13(17)18)11-3-5-12(16)6-4-11/h3-6H,7-10H2,1-2H3,(H,17,18)/p-1. The van der Waals surface area contributed by atoms with Crippen molar-refractivity contribution in [3.05, 3.63) is 35.6 Å². The number of rotatable bonds is 3. The van der Waals surface area contributed by atoms with Gasteiger partial charge in [0.1, 0.15) is 5.82 Å². The predicted molar refractivity (Wildman–Crippen MR) is 67.0 cm³/mol. The third kappa shape index (κ3) is 3.13. The normalized spacial score (nSPS) is 26.1. The lowest BCUT2D eigenvalue weighted by Gasteiger charge is -2.45. The first-order valence-electron chi connectivity index (χ1n) is 6.43. The number of halogens is 1. The predicted octanol–water partition coefficient (Wildman–Crippen LogP) is 1.79. The molecule has 0 amide bonds. The van der Waals surface area contributed by atoms with Gasteiger partial charge < -0.3 is 14.6 Å². The Hall–Kier alpha value is -1.42. The fraction of sp³-hybridized carbons (Fsp3) is 0.533. The van der Waals surface area contributed by atoms with Gasteiger partial charge in [-0.05, 0) is 50.8 Å². The average molecular weight is 265 g/mol. The van der Waals surface area contributed by atoms with E-state index in [0.717, 1.165) is 5.56 Å². The molecule has 19 heavy (non-hydrogen) atoms. The third-order valence-electron chi connectivity index (χ3n) is 3.78. The lowest BCUT2D eigenvalue weighted by atomic mass is 9.67. The number of carboxylic acids is 1. The van der Waals surface area contributed by atoms with Gasteiger partial charge >= 0.3 is 0 Å². The van der Waals surface area contributed by atoms with Crippen LogP contribution in [0.5, 0.6) is 0 Å². The zero-order valence-corrected chi connectivity index (χ0v) is 11.2. The van der Waals surface area contributed by atoms with Crippen LogP contribution < -0.4 is 5.11 Å². The molecule has 0 radical (unpaired) electrons. The van der Waals surface area contributed by atoms with Gasteiger partial charge in [0, 0.05) is 18.0 Å². The molecule has 1 saturated heterocycles. The second kappa shape index (κ2) is 4.93. The van der Waals surface area contributed by atoms with Crippen molar-refractivity contribution >= 4 is 5.97 Å². The van der Waals surface area contributed by atoms with E-state index in [1.54, 1.807) is 12.1 Å². The number of ether oxygens (including phenoxy) is 1. The minimum absolute atomic E-state index is 0.0641. The van der Waals surface area contributed by atoms with Crippen molar-refractivity contribution in [1.29, 1.82) is 0 Å². The number of hydrogen-bond acceptors (Lipinski definition) is 3. The van der Waals surface area contributed by atoms with Gasteiger partial charge in [0.25, 0.3) is 0 Å². The van der Waals surface area contributed by atoms with Gasteiger partial charge in [-0.15, -0.1) is 0 Å². The van der Waals surface area contributed by atoms with Crippen molar-refractivity contribution < 1.29 is 19.0 Å². The Bertz CT molecular complexity index is 467. The summed E-state index contributed by atoms with van der Waals surface area (Å²) in [5.74, 6) is -1.40. The molecule has 1 fully saturated rings. The summed E-state index contributed by atoms with van der Waals surface area (Å²) in [6.07, 6.45) is 1.13. The molecule has 0 aliphatic carbocycles. The molecule has 4 heteroatoms. The van der Waals surface area contributed by atoms with Crippen LogP contribution in [0.4, 0.5) is 4.39 Å². The van der Waals surface area contributed by atoms with Crippen LogP contribution in [0.1, 0.15) is 38.7 Å². The maximum atomic E-state index is 13.0. The lowest BCUT2D eigenvalue weighted by Crippen LogP contribution is -2.47. The molecule has 1 aliphatic heterocycles. The van der Waals surface area contributed by atoms with Crippen molar-refractivity contribution in [3.63, 3.8) is 0 Å². The first-order chi connectivity index (χ1) is 8.83. The topological polar surface area (TPSA) is 49.4 Å². The monoisotopic (exact) mass is 265 g/mol. The smallest absolute Gasteiger partial charge is 0.123 e. The second-order valence-corrected chi connectivity index (χ2v) is 5.87. The number of carbonyl (C=O) groups is 1. The minimum Gasteiger partial charge on any atom is -0.550 e. The van der Waals surface area contributed by atoms with Crippen LogP contribution in [-0.4, -0.2) is 18.2 Å². The van der Waals surface area contributed by atoms with Crippen molar-refractivity contribution in [1.82, 2.24) is 0 Å². The Morgan fingerprint density at radius 2 is 2.00 bits per heavy atom. The molecule has 1 aromatic rings. The Balaban J connectivity index is 2.39. The first-order valence-corrected chi connectivity index (χ1v) is 6.43. The molecule has 2 rings (SSSR count). The fourth-order valence-corrected chi connectivity index (χ4v) is 3.06. The van der Waals surface area contributed by atoms with Gasteiger partial charge in [-0.25, -0.2) is 4.39 Å². The molecular formula is C15H18FO3-. The van der Waals surface area contributed by atoms with E-state index in [4.69, 9.17) is 4.74 Å². The maximum Gasteiger partial charge on any atom is 0.123 e. The summed E-state index contributed by atoms with van der Waals surface area (Å²) >= 11 is 0. The van der Waals surface area contributed by atoms with Crippen LogP contribution in [0.15, 0.2) is 24.3 Å². The summed E-state index contributed by atoms with van der Waals surface area (Å²) in [5.41, 5.74) is -0.0782. The summed E-state index contributed by atoms with van der Waals surface area (Å²) in [7, 11) is 0. The van der Waals surface area contributed by atoms with Gasteiger partial charge in [-0.1, -0.05) is 12.1 Å². The Morgan fingerprint density at radius 3 is 2.53 bits per heavy atom. The molecule has 1 aromatic carbocycles. The third-order valence-corrected chi connectivity index (χ3v) is 3.78. The fourth-order valence-electron chi connectivity index (χ4n) is 3.06. The zero-order valence-electron chi connectivity index (χ0n) is 11.2. The van der Waals surface area contributed by atoms with Gasteiger partial charge in [0.2, 0.25) is 0 Å². The number of carbonyl (C=O) groups excluding carboxylic acids is 1. The van der Waals surface area contributed by atoms with E-state index in [9.17, 15) is 14.3 Å². The first kappa shape index (κ1) is 14.0. The molecule has 1 aliphatic rings. The molecule has 3 nitrogen and oxygen atoms in total. The molecule has 1 atom stereocenters. The van der Waals surface area contributed by atoms with E-state index in [-0.39, 0.29) is 17.8 Å². The number of benzene rings is 1. The molecule has 0 N–H and O–H groups in total. The molecule has 0 bridgehead atoms. The van der Waals surface area contributed by atoms with E-state index >= 15 is 0 Å². The van der Waals surface area contributed by atoms with Crippen LogP contribution in [0.25, 0.3) is 0 Å². The SMILES string of the molecule is CC1(C)CC(CC(=O)[O-])(c2ccc(F)cc2)CCO1. The summed E-state index contributed by atoms with van der Waals surface area (Å²) in [6.45, 7) is 4.39. The largest absolute Gasteiger partial charge is 0.550 e. The molecule has 1 unspecified atom stereocenters.